The molecule has 5 rings (SSSR count). The molecule has 1 saturated carbocycles. The Balaban J connectivity index is 1.57. The lowest BCUT2D eigenvalue weighted by atomic mass is 9.69. The number of carbonyl (C=O) groups is 1. The van der Waals surface area contributed by atoms with Gasteiger partial charge in [0, 0.05) is 12.3 Å². The average molecular weight is 368 g/mol. The maximum atomic E-state index is 11.7. The van der Waals surface area contributed by atoms with E-state index in [0.29, 0.717) is 36.0 Å². The van der Waals surface area contributed by atoms with Crippen LogP contribution in [0.2, 0.25) is 0 Å². The number of fused-ring (bicyclic) bond motifs is 4. The normalized spacial score (nSPS) is 26.6. The number of hydrogen-bond donors (Lipinski definition) is 3. The third-order valence-electron chi connectivity index (χ3n) is 5.95. The SMILES string of the molecule is N#Cc1cnc2ccc(=O)[nH]c2c1CCC12CCC(NC(=O)O)(CC1)CO2. The summed E-state index contributed by atoms with van der Waals surface area (Å²) in [6, 6.07) is 5.24. The number of hydrogen-bond acceptors (Lipinski definition) is 5. The Morgan fingerprint density at radius 1 is 1.37 bits per heavy atom. The maximum Gasteiger partial charge on any atom is 0.405 e. The van der Waals surface area contributed by atoms with E-state index >= 15 is 0 Å². The first-order valence-electron chi connectivity index (χ1n) is 9.00. The molecule has 2 aromatic heterocycles. The molecule has 0 unspecified atom stereocenters. The Morgan fingerprint density at radius 2 is 2.15 bits per heavy atom. The molecule has 3 aliphatic rings. The van der Waals surface area contributed by atoms with Gasteiger partial charge in [0.15, 0.2) is 0 Å². The van der Waals surface area contributed by atoms with Gasteiger partial charge in [0.1, 0.15) is 6.07 Å². The smallest absolute Gasteiger partial charge is 0.405 e. The maximum absolute atomic E-state index is 11.7. The van der Waals surface area contributed by atoms with Crippen LogP contribution in [0, 0.1) is 11.3 Å². The Labute approximate surface area is 155 Å². The first-order valence-corrected chi connectivity index (χ1v) is 9.00. The zero-order valence-electron chi connectivity index (χ0n) is 14.7. The summed E-state index contributed by atoms with van der Waals surface area (Å²) < 4.78 is 6.10. The summed E-state index contributed by atoms with van der Waals surface area (Å²) in [5, 5.41) is 21.1. The van der Waals surface area contributed by atoms with Gasteiger partial charge < -0.3 is 20.1 Å². The first kappa shape index (κ1) is 17.5. The molecule has 0 spiro atoms. The second-order valence-corrected chi connectivity index (χ2v) is 7.53. The Morgan fingerprint density at radius 3 is 2.78 bits per heavy atom. The molecule has 3 N–H and O–H groups in total. The summed E-state index contributed by atoms with van der Waals surface area (Å²) in [5.74, 6) is 0. The minimum absolute atomic E-state index is 0.227. The Bertz CT molecular complexity index is 982. The number of pyridine rings is 2. The van der Waals surface area contributed by atoms with Crippen LogP contribution in [0.4, 0.5) is 4.79 Å². The molecule has 0 atom stereocenters. The van der Waals surface area contributed by atoms with Crippen LogP contribution in [0.15, 0.2) is 23.1 Å². The van der Waals surface area contributed by atoms with Crippen molar-refractivity contribution in [1.29, 1.82) is 5.26 Å². The molecule has 8 nitrogen and oxygen atoms in total. The summed E-state index contributed by atoms with van der Waals surface area (Å²) >= 11 is 0. The third-order valence-corrected chi connectivity index (χ3v) is 5.95. The van der Waals surface area contributed by atoms with Crippen molar-refractivity contribution in [2.45, 2.75) is 49.7 Å². The summed E-state index contributed by atoms with van der Waals surface area (Å²) in [5.41, 5.74) is 1.48. The third kappa shape index (κ3) is 3.15. The zero-order chi connectivity index (χ0) is 19.1. The van der Waals surface area contributed by atoms with Crippen LogP contribution in [0.3, 0.4) is 0 Å². The van der Waals surface area contributed by atoms with Crippen LogP contribution in [0.25, 0.3) is 11.0 Å². The lowest BCUT2D eigenvalue weighted by Crippen LogP contribution is -2.62. The van der Waals surface area contributed by atoms with Crippen molar-refractivity contribution in [2.24, 2.45) is 0 Å². The lowest BCUT2D eigenvalue weighted by Gasteiger charge is -2.53. The molecule has 140 valence electrons. The van der Waals surface area contributed by atoms with E-state index in [2.05, 4.69) is 21.4 Å². The van der Waals surface area contributed by atoms with Gasteiger partial charge in [-0.05, 0) is 50.2 Å². The highest BCUT2D eigenvalue weighted by Crippen LogP contribution is 2.46. The number of H-pyrrole nitrogens is 1. The fourth-order valence-electron chi connectivity index (χ4n) is 4.33. The average Bonchev–Trinajstić information content (AvgIpc) is 2.67. The van der Waals surface area contributed by atoms with Gasteiger partial charge >= 0.3 is 6.09 Å². The van der Waals surface area contributed by atoms with Gasteiger partial charge in [0.25, 0.3) is 0 Å². The summed E-state index contributed by atoms with van der Waals surface area (Å²) in [6.07, 6.45) is 4.86. The largest absolute Gasteiger partial charge is 0.465 e. The fraction of sp³-hybridized carbons (Fsp3) is 0.474. The molecule has 4 heterocycles. The number of rotatable bonds is 4. The van der Waals surface area contributed by atoms with Crippen LogP contribution in [0.5, 0.6) is 0 Å². The predicted molar refractivity (Wildman–Crippen MR) is 96.4 cm³/mol. The van der Waals surface area contributed by atoms with E-state index in [9.17, 15) is 14.9 Å². The van der Waals surface area contributed by atoms with Gasteiger partial charge in [-0.25, -0.2) is 4.79 Å². The second-order valence-electron chi connectivity index (χ2n) is 7.53. The number of ether oxygens (including phenoxy) is 1. The number of amides is 1. The van der Waals surface area contributed by atoms with E-state index in [0.717, 1.165) is 31.2 Å². The van der Waals surface area contributed by atoms with Crippen molar-refractivity contribution in [1.82, 2.24) is 15.3 Å². The molecule has 8 heteroatoms. The minimum atomic E-state index is -1.01. The molecule has 1 amide bonds. The van der Waals surface area contributed by atoms with Crippen LogP contribution < -0.4 is 10.9 Å². The van der Waals surface area contributed by atoms with Crippen molar-refractivity contribution >= 4 is 17.1 Å². The number of nitrogens with zero attached hydrogens (tertiary/aromatic N) is 2. The van der Waals surface area contributed by atoms with Crippen LogP contribution in [-0.4, -0.2) is 38.9 Å². The Hall–Kier alpha value is -2.92. The van der Waals surface area contributed by atoms with Gasteiger partial charge in [-0.3, -0.25) is 9.78 Å². The zero-order valence-corrected chi connectivity index (χ0v) is 14.7. The van der Waals surface area contributed by atoms with E-state index in [1.165, 1.54) is 12.3 Å². The summed E-state index contributed by atoms with van der Waals surface area (Å²) in [6.45, 7) is 0.373. The van der Waals surface area contributed by atoms with Crippen LogP contribution >= 0.6 is 0 Å². The van der Waals surface area contributed by atoms with Gasteiger partial charge in [0.2, 0.25) is 5.56 Å². The number of aromatic amines is 1. The molecule has 2 aliphatic heterocycles. The highest BCUT2D eigenvalue weighted by Gasteiger charge is 2.50. The van der Waals surface area contributed by atoms with Crippen molar-refractivity contribution in [3.63, 3.8) is 0 Å². The summed E-state index contributed by atoms with van der Waals surface area (Å²) in [7, 11) is 0. The van der Waals surface area contributed by atoms with Crippen molar-refractivity contribution < 1.29 is 14.6 Å². The molecule has 3 fully saturated rings. The van der Waals surface area contributed by atoms with Gasteiger partial charge in [0.05, 0.1) is 34.3 Å². The van der Waals surface area contributed by atoms with Crippen molar-refractivity contribution in [3.8, 4) is 6.07 Å². The summed E-state index contributed by atoms with van der Waals surface area (Å²) in [4.78, 5) is 29.8. The van der Waals surface area contributed by atoms with E-state index in [1.807, 2.05) is 0 Å². The molecule has 0 aromatic carbocycles. The lowest BCUT2D eigenvalue weighted by molar-refractivity contribution is -0.162. The number of carboxylic acid groups (broad SMARTS) is 1. The minimum Gasteiger partial charge on any atom is -0.465 e. The molecule has 0 radical (unpaired) electrons. The van der Waals surface area contributed by atoms with Gasteiger partial charge in [-0.15, -0.1) is 0 Å². The first-order chi connectivity index (χ1) is 12.9. The van der Waals surface area contributed by atoms with E-state index < -0.39 is 11.6 Å². The van der Waals surface area contributed by atoms with Crippen molar-refractivity contribution in [2.75, 3.05) is 6.61 Å². The molecule has 1 aliphatic carbocycles. The van der Waals surface area contributed by atoms with E-state index in [-0.39, 0.29) is 11.2 Å². The number of aryl methyl sites for hydroxylation is 1. The standard InChI is InChI=1S/C19H20N4O4/c20-9-12-10-21-14-1-2-15(24)22-16(14)13(12)3-4-19-7-5-18(6-8-19,11-27-19)23-17(25)26/h1-2,10,23H,3-8,11H2,(H,22,24)(H,25,26). The van der Waals surface area contributed by atoms with E-state index in [4.69, 9.17) is 9.84 Å². The van der Waals surface area contributed by atoms with Crippen molar-refractivity contribution in [3.05, 3.63) is 39.8 Å². The van der Waals surface area contributed by atoms with E-state index in [1.54, 1.807) is 6.07 Å². The number of nitriles is 1. The fourth-order valence-corrected chi connectivity index (χ4v) is 4.33. The quantitative estimate of drug-likeness (QED) is 0.758. The number of nitrogens with one attached hydrogen (secondary N) is 2. The second kappa shape index (κ2) is 6.35. The molecular formula is C19H20N4O4. The highest BCUT2D eigenvalue weighted by atomic mass is 16.5. The molecule has 2 bridgehead atoms. The Kier molecular flexibility index (Phi) is 4.12. The molecule has 2 aromatic rings. The molecule has 27 heavy (non-hydrogen) atoms. The predicted octanol–water partition coefficient (Wildman–Crippen LogP) is 2.08. The molecular weight excluding hydrogens is 348 g/mol. The number of aromatic nitrogens is 2. The monoisotopic (exact) mass is 368 g/mol. The van der Waals surface area contributed by atoms with Crippen LogP contribution in [-0.2, 0) is 11.2 Å². The topological polar surface area (TPSA) is 128 Å². The van der Waals surface area contributed by atoms with Gasteiger partial charge in [-0.1, -0.05) is 0 Å². The van der Waals surface area contributed by atoms with Crippen LogP contribution in [0.1, 0.15) is 43.2 Å². The highest BCUT2D eigenvalue weighted by molar-refractivity contribution is 5.79. The van der Waals surface area contributed by atoms with Gasteiger partial charge in [-0.2, -0.15) is 5.26 Å². The molecule has 2 saturated heterocycles.